The van der Waals surface area contributed by atoms with Crippen LogP contribution >= 0.6 is 0 Å². The number of hydrogen-bond acceptors (Lipinski definition) is 4. The molecule has 126 valence electrons. The van der Waals surface area contributed by atoms with Crippen molar-refractivity contribution in [3.63, 3.8) is 0 Å². The molecule has 2 aromatic rings. The Bertz CT molecular complexity index is 739. The van der Waals surface area contributed by atoms with Gasteiger partial charge in [-0.3, -0.25) is 4.79 Å². The van der Waals surface area contributed by atoms with Crippen molar-refractivity contribution in [2.45, 2.75) is 25.0 Å². The van der Waals surface area contributed by atoms with Crippen LogP contribution in [0.4, 0.5) is 8.78 Å². The molecule has 7 heteroatoms. The molecule has 1 aliphatic rings. The number of carbonyl (C=O) groups is 1. The number of nitrogens with zero attached hydrogens (tertiary/aromatic N) is 1. The van der Waals surface area contributed by atoms with Crippen molar-refractivity contribution in [2.75, 3.05) is 6.61 Å². The average Bonchev–Trinajstić information content (AvgIpc) is 2.89. The molecule has 1 aromatic carbocycles. The molecular weight excluding hydrogens is 318 g/mol. The number of aliphatic hydroxyl groups excluding tert-OH is 1. The second-order valence-corrected chi connectivity index (χ2v) is 5.47. The normalized spacial score (nSPS) is 19.2. The van der Waals surface area contributed by atoms with Crippen LogP contribution in [0.25, 0.3) is 0 Å². The van der Waals surface area contributed by atoms with Crippen LogP contribution < -0.4 is 10.1 Å². The van der Waals surface area contributed by atoms with Crippen molar-refractivity contribution in [3.8, 4) is 5.75 Å². The summed E-state index contributed by atoms with van der Waals surface area (Å²) in [5, 5.41) is 12.9. The number of alkyl halides is 2. The molecule has 2 atom stereocenters. The first kappa shape index (κ1) is 16.3. The number of rotatable bonds is 5. The SMILES string of the molecule is O=C(N[C@H]1c2ccccc2C[C@H]1O)c1ncccc1OCC(F)F. The van der Waals surface area contributed by atoms with Crippen LogP contribution in [-0.4, -0.2) is 35.1 Å². The van der Waals surface area contributed by atoms with Crippen LogP contribution in [-0.2, 0) is 6.42 Å². The summed E-state index contributed by atoms with van der Waals surface area (Å²) in [6.07, 6.45) is -1.58. The van der Waals surface area contributed by atoms with E-state index < -0.39 is 31.1 Å². The van der Waals surface area contributed by atoms with Gasteiger partial charge in [0.15, 0.2) is 11.4 Å². The van der Waals surface area contributed by atoms with Crippen molar-refractivity contribution < 1.29 is 23.4 Å². The smallest absolute Gasteiger partial charge is 0.274 e. The topological polar surface area (TPSA) is 71.5 Å². The second kappa shape index (κ2) is 6.92. The van der Waals surface area contributed by atoms with Gasteiger partial charge in [-0.25, -0.2) is 13.8 Å². The first-order valence-electron chi connectivity index (χ1n) is 7.49. The van der Waals surface area contributed by atoms with E-state index in [0.29, 0.717) is 6.42 Å². The van der Waals surface area contributed by atoms with Gasteiger partial charge >= 0.3 is 0 Å². The zero-order chi connectivity index (χ0) is 17.1. The standard InChI is InChI=1S/C17H16F2N2O3/c18-14(19)9-24-13-6-3-7-20-16(13)17(23)21-15-11-5-2-1-4-10(11)8-12(15)22/h1-7,12,14-15,22H,8-9H2,(H,21,23)/t12-,15+/m1/s1. The van der Waals surface area contributed by atoms with E-state index in [1.807, 2.05) is 24.3 Å². The van der Waals surface area contributed by atoms with Crippen molar-refractivity contribution >= 4 is 5.91 Å². The molecule has 1 aliphatic carbocycles. The molecule has 0 unspecified atom stereocenters. The van der Waals surface area contributed by atoms with Crippen LogP contribution in [0.2, 0.25) is 0 Å². The first-order chi connectivity index (χ1) is 11.6. The van der Waals surface area contributed by atoms with Gasteiger partial charge in [0.1, 0.15) is 6.61 Å². The molecule has 0 saturated carbocycles. The van der Waals surface area contributed by atoms with E-state index >= 15 is 0 Å². The van der Waals surface area contributed by atoms with Gasteiger partial charge in [0, 0.05) is 12.6 Å². The van der Waals surface area contributed by atoms with Gasteiger partial charge in [-0.2, -0.15) is 0 Å². The Kier molecular flexibility index (Phi) is 4.71. The highest BCUT2D eigenvalue weighted by molar-refractivity contribution is 5.95. The van der Waals surface area contributed by atoms with E-state index in [9.17, 15) is 18.7 Å². The van der Waals surface area contributed by atoms with Crippen molar-refractivity contribution in [1.29, 1.82) is 0 Å². The van der Waals surface area contributed by atoms with Crippen molar-refractivity contribution in [1.82, 2.24) is 10.3 Å². The quantitative estimate of drug-likeness (QED) is 0.879. The van der Waals surface area contributed by atoms with E-state index in [0.717, 1.165) is 11.1 Å². The maximum Gasteiger partial charge on any atom is 0.274 e. The van der Waals surface area contributed by atoms with Gasteiger partial charge in [0.05, 0.1) is 12.1 Å². The number of amides is 1. The minimum absolute atomic E-state index is 0.0175. The number of aromatic nitrogens is 1. The van der Waals surface area contributed by atoms with Gasteiger partial charge < -0.3 is 15.2 Å². The molecule has 0 saturated heterocycles. The predicted octanol–water partition coefficient (Wildman–Crippen LogP) is 2.11. The molecule has 2 N–H and O–H groups in total. The number of hydrogen-bond donors (Lipinski definition) is 2. The van der Waals surface area contributed by atoms with E-state index in [1.165, 1.54) is 18.3 Å². The third-order valence-electron chi connectivity index (χ3n) is 3.84. The fraction of sp³-hybridized carbons (Fsp3) is 0.294. The maximum absolute atomic E-state index is 12.5. The minimum Gasteiger partial charge on any atom is -0.485 e. The summed E-state index contributed by atoms with van der Waals surface area (Å²) in [7, 11) is 0. The highest BCUT2D eigenvalue weighted by Gasteiger charge is 2.32. The van der Waals surface area contributed by atoms with Gasteiger partial charge in [0.2, 0.25) is 0 Å². The van der Waals surface area contributed by atoms with Crippen molar-refractivity contribution in [3.05, 3.63) is 59.4 Å². The zero-order valence-electron chi connectivity index (χ0n) is 12.7. The predicted molar refractivity (Wildman–Crippen MR) is 82.1 cm³/mol. The van der Waals surface area contributed by atoms with E-state index in [-0.39, 0.29) is 11.4 Å². The van der Waals surface area contributed by atoms with Gasteiger partial charge in [0.25, 0.3) is 12.3 Å². The molecule has 0 aliphatic heterocycles. The summed E-state index contributed by atoms with van der Waals surface area (Å²) in [6, 6.07) is 9.75. The van der Waals surface area contributed by atoms with Crippen LogP contribution in [0.15, 0.2) is 42.6 Å². The number of aliphatic hydroxyl groups is 1. The lowest BCUT2D eigenvalue weighted by Gasteiger charge is -2.18. The summed E-state index contributed by atoms with van der Waals surface area (Å²) < 4.78 is 29.6. The lowest BCUT2D eigenvalue weighted by molar-refractivity contribution is 0.0769. The molecule has 0 spiro atoms. The number of carbonyl (C=O) groups excluding carboxylic acids is 1. The summed E-state index contributed by atoms with van der Waals surface area (Å²) in [5.74, 6) is -0.600. The number of ether oxygens (including phenoxy) is 1. The summed E-state index contributed by atoms with van der Waals surface area (Å²) >= 11 is 0. The molecule has 5 nitrogen and oxygen atoms in total. The van der Waals surface area contributed by atoms with Gasteiger partial charge in [-0.1, -0.05) is 24.3 Å². The fourth-order valence-corrected chi connectivity index (χ4v) is 2.79. The summed E-state index contributed by atoms with van der Waals surface area (Å²) in [6.45, 7) is -0.819. The lowest BCUT2D eigenvalue weighted by atomic mass is 10.1. The Balaban J connectivity index is 1.78. The zero-order valence-corrected chi connectivity index (χ0v) is 12.7. The number of pyridine rings is 1. The van der Waals surface area contributed by atoms with Crippen LogP contribution in [0.5, 0.6) is 5.75 Å². The summed E-state index contributed by atoms with van der Waals surface area (Å²) in [5.41, 5.74) is 1.71. The highest BCUT2D eigenvalue weighted by Crippen LogP contribution is 2.31. The molecule has 0 radical (unpaired) electrons. The number of fused-ring (bicyclic) bond motifs is 1. The Hall–Kier alpha value is -2.54. The maximum atomic E-state index is 12.5. The second-order valence-electron chi connectivity index (χ2n) is 5.47. The highest BCUT2D eigenvalue weighted by atomic mass is 19.3. The third kappa shape index (κ3) is 3.35. The monoisotopic (exact) mass is 334 g/mol. The third-order valence-corrected chi connectivity index (χ3v) is 3.84. The molecule has 1 heterocycles. The lowest BCUT2D eigenvalue weighted by Crippen LogP contribution is -2.34. The summed E-state index contributed by atoms with van der Waals surface area (Å²) in [4.78, 5) is 16.4. The molecule has 0 bridgehead atoms. The first-order valence-corrected chi connectivity index (χ1v) is 7.49. The number of halogens is 2. The molecular formula is C17H16F2N2O3. The van der Waals surface area contributed by atoms with Crippen LogP contribution in [0, 0.1) is 0 Å². The molecule has 0 fully saturated rings. The van der Waals surface area contributed by atoms with Crippen molar-refractivity contribution in [2.24, 2.45) is 0 Å². The Morgan fingerprint density at radius 3 is 2.92 bits per heavy atom. The number of nitrogens with one attached hydrogen (secondary N) is 1. The Labute approximate surface area is 137 Å². The fourth-order valence-electron chi connectivity index (χ4n) is 2.79. The van der Waals surface area contributed by atoms with Crippen LogP contribution in [0.1, 0.15) is 27.7 Å². The average molecular weight is 334 g/mol. The van der Waals surface area contributed by atoms with E-state index in [2.05, 4.69) is 10.3 Å². The van der Waals surface area contributed by atoms with E-state index in [4.69, 9.17) is 4.74 Å². The van der Waals surface area contributed by atoms with Crippen LogP contribution in [0.3, 0.4) is 0 Å². The Morgan fingerprint density at radius 2 is 2.12 bits per heavy atom. The van der Waals surface area contributed by atoms with Gasteiger partial charge in [-0.05, 0) is 23.3 Å². The molecule has 3 rings (SSSR count). The molecule has 24 heavy (non-hydrogen) atoms. The number of benzene rings is 1. The largest absolute Gasteiger partial charge is 0.485 e. The molecule has 1 aromatic heterocycles. The Morgan fingerprint density at radius 1 is 1.33 bits per heavy atom. The minimum atomic E-state index is -2.65. The van der Waals surface area contributed by atoms with E-state index in [1.54, 1.807) is 0 Å². The van der Waals surface area contributed by atoms with Gasteiger partial charge in [-0.15, -0.1) is 0 Å². The molecule has 1 amide bonds.